The minimum absolute atomic E-state index is 0.724. The highest BCUT2D eigenvalue weighted by atomic mass is 16.5. The van der Waals surface area contributed by atoms with E-state index in [1.54, 1.807) is 0 Å². The number of rotatable bonds is 2. The number of carbonyl (C=O) groups is 2. The molecule has 1 rings (SSSR count). The number of hydrogen-bond donors (Lipinski definition) is 5. The van der Waals surface area contributed by atoms with E-state index < -0.39 is 41.6 Å². The van der Waals surface area contributed by atoms with Crippen LogP contribution in [0.25, 0.3) is 0 Å². The van der Waals surface area contributed by atoms with Crippen LogP contribution in [0.3, 0.4) is 0 Å². The normalized spacial score (nSPS) is 38.0. The molecular formula is C9H15NO6. The molecule has 16 heavy (non-hydrogen) atoms. The van der Waals surface area contributed by atoms with E-state index in [0.29, 0.717) is 0 Å². The van der Waals surface area contributed by atoms with Crippen molar-refractivity contribution in [3.8, 4) is 0 Å². The largest absolute Gasteiger partial charge is 0.481 e. The zero-order valence-electron chi connectivity index (χ0n) is 8.91. The van der Waals surface area contributed by atoms with Gasteiger partial charge in [-0.05, 0) is 13.8 Å². The predicted molar refractivity (Wildman–Crippen MR) is 51.5 cm³/mol. The molecule has 0 bridgehead atoms. The van der Waals surface area contributed by atoms with Crippen molar-refractivity contribution in [3.05, 3.63) is 0 Å². The molecule has 4 atom stereocenters. The summed E-state index contributed by atoms with van der Waals surface area (Å²) in [5, 5.41) is 39.9. The van der Waals surface area contributed by atoms with Gasteiger partial charge in [-0.3, -0.25) is 9.59 Å². The quantitative estimate of drug-likeness (QED) is 0.365. The van der Waals surface area contributed by atoms with Gasteiger partial charge in [0, 0.05) is 12.1 Å². The maximum Gasteiger partial charge on any atom is 0.313 e. The lowest BCUT2D eigenvalue weighted by Crippen LogP contribution is -2.68. The first-order valence-corrected chi connectivity index (χ1v) is 4.86. The van der Waals surface area contributed by atoms with Crippen molar-refractivity contribution in [1.82, 2.24) is 5.32 Å². The van der Waals surface area contributed by atoms with Crippen molar-refractivity contribution in [2.24, 2.45) is 11.8 Å². The van der Waals surface area contributed by atoms with Gasteiger partial charge in [-0.2, -0.15) is 0 Å². The molecule has 1 heterocycles. The van der Waals surface area contributed by atoms with E-state index in [1.165, 1.54) is 13.8 Å². The molecule has 92 valence electrons. The summed E-state index contributed by atoms with van der Waals surface area (Å²) < 4.78 is 0. The number of aliphatic hydroxyl groups is 2. The molecule has 0 aromatic carbocycles. The summed E-state index contributed by atoms with van der Waals surface area (Å²) in [7, 11) is 0. The molecule has 0 amide bonds. The van der Waals surface area contributed by atoms with Crippen LogP contribution in [0.4, 0.5) is 0 Å². The number of aliphatic carboxylic acids is 2. The molecule has 5 N–H and O–H groups in total. The number of nitrogens with one attached hydrogen (secondary N) is 1. The lowest BCUT2D eigenvalue weighted by atomic mass is 9.75. The van der Waals surface area contributed by atoms with Gasteiger partial charge in [0.2, 0.25) is 0 Å². The molecular weight excluding hydrogens is 218 g/mol. The monoisotopic (exact) mass is 233 g/mol. The Bertz CT molecular complexity index is 287. The summed E-state index contributed by atoms with van der Waals surface area (Å²) in [6.07, 6.45) is 0. The highest BCUT2D eigenvalue weighted by Crippen LogP contribution is 2.34. The van der Waals surface area contributed by atoms with Crippen molar-refractivity contribution in [1.29, 1.82) is 0 Å². The lowest BCUT2D eigenvalue weighted by Gasteiger charge is -2.45. The third kappa shape index (κ3) is 1.89. The van der Waals surface area contributed by atoms with Gasteiger partial charge in [0.15, 0.2) is 5.79 Å². The molecule has 0 saturated carbocycles. The fourth-order valence-electron chi connectivity index (χ4n) is 2.33. The Kier molecular flexibility index (Phi) is 3.22. The molecule has 0 aromatic rings. The number of carboxylic acids is 2. The Morgan fingerprint density at radius 3 is 1.56 bits per heavy atom. The molecule has 1 saturated heterocycles. The van der Waals surface area contributed by atoms with Crippen LogP contribution in [0.2, 0.25) is 0 Å². The van der Waals surface area contributed by atoms with E-state index in [9.17, 15) is 19.8 Å². The van der Waals surface area contributed by atoms with Crippen molar-refractivity contribution in [3.63, 3.8) is 0 Å². The maximum absolute atomic E-state index is 10.9. The van der Waals surface area contributed by atoms with Crippen molar-refractivity contribution in [2.45, 2.75) is 31.7 Å². The molecule has 0 radical (unpaired) electrons. The summed E-state index contributed by atoms with van der Waals surface area (Å²) in [6.45, 7) is 2.93. The number of piperidine rings is 1. The summed E-state index contributed by atoms with van der Waals surface area (Å²) in [5.41, 5.74) is 0. The van der Waals surface area contributed by atoms with Gasteiger partial charge >= 0.3 is 11.9 Å². The van der Waals surface area contributed by atoms with Gasteiger partial charge < -0.3 is 25.7 Å². The molecule has 1 fully saturated rings. The van der Waals surface area contributed by atoms with Gasteiger partial charge in [-0.1, -0.05) is 0 Å². The van der Waals surface area contributed by atoms with E-state index in [0.717, 1.165) is 0 Å². The molecule has 7 heteroatoms. The minimum Gasteiger partial charge on any atom is -0.481 e. The van der Waals surface area contributed by atoms with Crippen molar-refractivity contribution < 1.29 is 30.0 Å². The van der Waals surface area contributed by atoms with Crippen LogP contribution in [-0.2, 0) is 9.59 Å². The topological polar surface area (TPSA) is 127 Å². The fourth-order valence-corrected chi connectivity index (χ4v) is 2.33. The summed E-state index contributed by atoms with van der Waals surface area (Å²) in [6, 6.07) is -1.45. The molecule has 1 aliphatic heterocycles. The molecule has 7 nitrogen and oxygen atoms in total. The second-order valence-corrected chi connectivity index (χ2v) is 4.16. The molecule has 0 spiro atoms. The van der Waals surface area contributed by atoms with Crippen LogP contribution in [0.5, 0.6) is 0 Å². The van der Waals surface area contributed by atoms with E-state index in [2.05, 4.69) is 5.32 Å². The van der Waals surface area contributed by atoms with E-state index >= 15 is 0 Å². The first-order chi connectivity index (χ1) is 7.19. The van der Waals surface area contributed by atoms with Crippen LogP contribution in [-0.4, -0.2) is 50.2 Å². The van der Waals surface area contributed by atoms with Gasteiger partial charge in [0.1, 0.15) is 11.8 Å². The van der Waals surface area contributed by atoms with Crippen molar-refractivity contribution in [2.75, 3.05) is 0 Å². The molecule has 2 unspecified atom stereocenters. The third-order valence-electron chi connectivity index (χ3n) is 2.97. The van der Waals surface area contributed by atoms with Gasteiger partial charge in [-0.15, -0.1) is 0 Å². The van der Waals surface area contributed by atoms with E-state index in [-0.39, 0.29) is 0 Å². The van der Waals surface area contributed by atoms with Crippen LogP contribution in [0.1, 0.15) is 13.8 Å². The van der Waals surface area contributed by atoms with E-state index in [4.69, 9.17) is 10.2 Å². The average molecular weight is 233 g/mol. The van der Waals surface area contributed by atoms with Crippen LogP contribution >= 0.6 is 0 Å². The Morgan fingerprint density at radius 2 is 1.31 bits per heavy atom. The van der Waals surface area contributed by atoms with E-state index in [1.807, 2.05) is 0 Å². The lowest BCUT2D eigenvalue weighted by molar-refractivity contribution is -0.260. The average Bonchev–Trinajstić information content (AvgIpc) is 1.97. The molecule has 0 aliphatic carbocycles. The Hall–Kier alpha value is -1.18. The van der Waals surface area contributed by atoms with Gasteiger partial charge in [0.05, 0.1) is 0 Å². The number of hydrogen-bond acceptors (Lipinski definition) is 5. The summed E-state index contributed by atoms with van der Waals surface area (Å²) >= 11 is 0. The van der Waals surface area contributed by atoms with Gasteiger partial charge in [-0.25, -0.2) is 0 Å². The van der Waals surface area contributed by atoms with Gasteiger partial charge in [0.25, 0.3) is 0 Å². The first-order valence-electron chi connectivity index (χ1n) is 4.86. The second kappa shape index (κ2) is 4.00. The third-order valence-corrected chi connectivity index (χ3v) is 2.97. The fraction of sp³-hybridized carbons (Fsp3) is 0.778. The Morgan fingerprint density at radius 1 is 1.00 bits per heavy atom. The van der Waals surface area contributed by atoms with Crippen LogP contribution in [0, 0.1) is 11.8 Å². The minimum atomic E-state index is -2.76. The Balaban J connectivity index is 3.14. The zero-order valence-corrected chi connectivity index (χ0v) is 8.91. The Labute approximate surface area is 91.7 Å². The molecule has 0 aromatic heterocycles. The van der Waals surface area contributed by atoms with Crippen molar-refractivity contribution >= 4 is 11.9 Å². The summed E-state index contributed by atoms with van der Waals surface area (Å²) in [4.78, 5) is 21.8. The second-order valence-electron chi connectivity index (χ2n) is 4.16. The van der Waals surface area contributed by atoms with Crippen LogP contribution < -0.4 is 5.32 Å². The number of carboxylic acid groups (broad SMARTS) is 2. The molecule has 1 aliphatic rings. The first kappa shape index (κ1) is 12.9. The smallest absolute Gasteiger partial charge is 0.313 e. The maximum atomic E-state index is 10.9. The summed E-state index contributed by atoms with van der Waals surface area (Å²) in [5.74, 6) is -8.80. The SMILES string of the molecule is C[C@@H]1N[C@H](C)C(C(=O)O)C(O)(O)C1C(=O)O. The highest BCUT2D eigenvalue weighted by Gasteiger charge is 2.57. The predicted octanol–water partition coefficient (Wildman–Crippen LogP) is -1.55. The van der Waals surface area contributed by atoms with Crippen LogP contribution in [0.15, 0.2) is 0 Å². The highest BCUT2D eigenvalue weighted by molar-refractivity contribution is 5.77. The standard InChI is InChI=1S/C9H15NO6/c1-3-5(7(11)12)9(15,16)6(8(13)14)4(2)10-3/h3-6,10,15-16H,1-2H3,(H,11,12)(H,13,14)/t3-,4+,5?,6?. The zero-order chi connectivity index (χ0) is 12.7.